The fraction of sp³-hybridized carbons (Fsp3) is 0.263. The van der Waals surface area contributed by atoms with Crippen LogP contribution in [0.1, 0.15) is 5.56 Å². The van der Waals surface area contributed by atoms with Gasteiger partial charge in [0.2, 0.25) is 11.8 Å². The van der Waals surface area contributed by atoms with Gasteiger partial charge in [0.05, 0.1) is 18.8 Å². The van der Waals surface area contributed by atoms with Crippen molar-refractivity contribution in [2.75, 3.05) is 31.7 Å². The van der Waals surface area contributed by atoms with Gasteiger partial charge in [-0.1, -0.05) is 12.1 Å². The Kier molecular flexibility index (Phi) is 7.89. The molecule has 2 N–H and O–H groups in total. The van der Waals surface area contributed by atoms with Crippen molar-refractivity contribution in [2.45, 2.75) is 11.4 Å². The number of hydrogen-bond acceptors (Lipinski definition) is 4. The van der Waals surface area contributed by atoms with Gasteiger partial charge < -0.3 is 10.6 Å². The van der Waals surface area contributed by atoms with Crippen molar-refractivity contribution in [3.05, 3.63) is 59.4 Å². The molecule has 0 fully saturated rings. The molecule has 150 valence electrons. The first-order valence-corrected chi connectivity index (χ1v) is 9.54. The van der Waals surface area contributed by atoms with Crippen molar-refractivity contribution in [3.8, 4) is 0 Å². The summed E-state index contributed by atoms with van der Waals surface area (Å²) in [5.74, 6) is -5.67. The summed E-state index contributed by atoms with van der Waals surface area (Å²) in [6.07, 6.45) is 1.99. The lowest BCUT2D eigenvalue weighted by Crippen LogP contribution is -2.39. The van der Waals surface area contributed by atoms with Gasteiger partial charge in [0, 0.05) is 11.4 Å². The number of nitrogens with one attached hydrogen (secondary N) is 2. The Morgan fingerprint density at radius 1 is 1.00 bits per heavy atom. The third kappa shape index (κ3) is 6.28. The number of carbonyl (C=O) groups is 2. The average molecular weight is 411 g/mol. The molecule has 0 unspecified atom stereocenters. The summed E-state index contributed by atoms with van der Waals surface area (Å²) in [4.78, 5) is 26.6. The lowest BCUT2D eigenvalue weighted by Gasteiger charge is -2.16. The minimum atomic E-state index is -1.67. The second kappa shape index (κ2) is 10.1. The molecule has 2 aromatic carbocycles. The van der Waals surface area contributed by atoms with Crippen molar-refractivity contribution < 1.29 is 22.8 Å². The van der Waals surface area contributed by atoms with E-state index in [2.05, 4.69) is 10.6 Å². The van der Waals surface area contributed by atoms with Gasteiger partial charge in [0.15, 0.2) is 17.5 Å². The highest BCUT2D eigenvalue weighted by Gasteiger charge is 2.16. The van der Waals surface area contributed by atoms with Crippen molar-refractivity contribution in [1.82, 2.24) is 10.2 Å². The zero-order valence-electron chi connectivity index (χ0n) is 15.4. The van der Waals surface area contributed by atoms with Crippen LogP contribution in [-0.4, -0.2) is 43.1 Å². The summed E-state index contributed by atoms with van der Waals surface area (Å²) in [5, 5.41) is 4.48. The third-order valence-corrected chi connectivity index (χ3v) is 4.52. The second-order valence-corrected chi connectivity index (χ2v) is 6.95. The first-order chi connectivity index (χ1) is 13.3. The zero-order valence-corrected chi connectivity index (χ0v) is 16.2. The molecule has 0 saturated carbocycles. The first kappa shape index (κ1) is 21.8. The first-order valence-electron chi connectivity index (χ1n) is 8.31. The van der Waals surface area contributed by atoms with Crippen LogP contribution in [0.4, 0.5) is 18.9 Å². The number of thioether (sulfide) groups is 1. The van der Waals surface area contributed by atoms with Gasteiger partial charge in [-0.05, 0) is 43.1 Å². The molecule has 0 aliphatic heterocycles. The summed E-state index contributed by atoms with van der Waals surface area (Å²) < 4.78 is 39.5. The van der Waals surface area contributed by atoms with Gasteiger partial charge in [-0.25, -0.2) is 13.2 Å². The lowest BCUT2D eigenvalue weighted by molar-refractivity contribution is -0.124. The maximum Gasteiger partial charge on any atom is 0.243 e. The van der Waals surface area contributed by atoms with Gasteiger partial charge in [-0.2, -0.15) is 0 Å². The highest BCUT2D eigenvalue weighted by molar-refractivity contribution is 7.98. The molecule has 0 bridgehead atoms. The van der Waals surface area contributed by atoms with E-state index in [1.807, 2.05) is 30.5 Å². The van der Waals surface area contributed by atoms with Gasteiger partial charge in [0.25, 0.3) is 0 Å². The number of nitrogens with zero attached hydrogens (tertiary/aromatic N) is 1. The van der Waals surface area contributed by atoms with Gasteiger partial charge in [-0.3, -0.25) is 14.5 Å². The molecule has 28 heavy (non-hydrogen) atoms. The van der Waals surface area contributed by atoms with E-state index in [1.54, 1.807) is 23.7 Å². The smallest absolute Gasteiger partial charge is 0.243 e. The molecular weight excluding hydrogens is 391 g/mol. The number of benzene rings is 2. The van der Waals surface area contributed by atoms with E-state index >= 15 is 0 Å². The second-order valence-electron chi connectivity index (χ2n) is 6.07. The van der Waals surface area contributed by atoms with E-state index in [0.717, 1.165) is 16.5 Å². The molecule has 2 amide bonds. The van der Waals surface area contributed by atoms with Crippen molar-refractivity contribution >= 4 is 29.3 Å². The predicted molar refractivity (Wildman–Crippen MR) is 103 cm³/mol. The quantitative estimate of drug-likeness (QED) is 0.518. The number of halogens is 3. The number of hydrogen-bond donors (Lipinski definition) is 2. The van der Waals surface area contributed by atoms with Gasteiger partial charge >= 0.3 is 0 Å². The van der Waals surface area contributed by atoms with Crippen molar-refractivity contribution in [2.24, 2.45) is 0 Å². The molecule has 0 saturated heterocycles. The molecule has 0 radical (unpaired) electrons. The van der Waals surface area contributed by atoms with Crippen LogP contribution in [0.15, 0.2) is 41.3 Å². The Balaban J connectivity index is 1.78. The van der Waals surface area contributed by atoms with Gasteiger partial charge in [-0.15, -0.1) is 11.8 Å². The standard InChI is InChI=1S/C19H20F3N3O2S/c1-25(10-12-3-5-13(28-2)6-4-12)11-17(27)23-9-16(26)24-15-8-7-14(20)18(21)19(15)22/h3-8H,9-11H2,1-2H3,(H,23,27)(H,24,26). The Bertz CT molecular complexity index is 847. The molecule has 0 aliphatic rings. The van der Waals surface area contributed by atoms with Crippen LogP contribution < -0.4 is 10.6 Å². The molecule has 2 rings (SSSR count). The van der Waals surface area contributed by atoms with E-state index in [9.17, 15) is 22.8 Å². The van der Waals surface area contributed by atoms with E-state index < -0.39 is 41.5 Å². The maximum absolute atomic E-state index is 13.5. The summed E-state index contributed by atoms with van der Waals surface area (Å²) in [5.41, 5.74) is 0.545. The van der Waals surface area contributed by atoms with E-state index in [-0.39, 0.29) is 6.54 Å². The zero-order chi connectivity index (χ0) is 20.7. The molecule has 9 heteroatoms. The Labute approximate surface area is 165 Å². The Hall–Kier alpha value is -2.52. The maximum atomic E-state index is 13.5. The average Bonchev–Trinajstić information content (AvgIpc) is 2.67. The van der Waals surface area contributed by atoms with E-state index in [0.29, 0.717) is 12.6 Å². The summed E-state index contributed by atoms with van der Waals surface area (Å²) >= 11 is 1.64. The number of anilines is 1. The predicted octanol–water partition coefficient (Wildman–Crippen LogP) is 3.01. The third-order valence-electron chi connectivity index (χ3n) is 3.78. The fourth-order valence-electron chi connectivity index (χ4n) is 2.40. The monoisotopic (exact) mass is 411 g/mol. The lowest BCUT2D eigenvalue weighted by atomic mass is 10.2. The normalized spacial score (nSPS) is 10.8. The van der Waals surface area contributed by atoms with Crippen LogP contribution in [0.5, 0.6) is 0 Å². The topological polar surface area (TPSA) is 61.4 Å². The van der Waals surface area contributed by atoms with Gasteiger partial charge in [0.1, 0.15) is 0 Å². The van der Waals surface area contributed by atoms with Crippen LogP contribution >= 0.6 is 11.8 Å². The van der Waals surface area contributed by atoms with Crippen LogP contribution in [-0.2, 0) is 16.1 Å². The van der Waals surface area contributed by atoms with Crippen LogP contribution in [0, 0.1) is 17.5 Å². The highest BCUT2D eigenvalue weighted by atomic mass is 32.2. The SMILES string of the molecule is CSc1ccc(CN(C)CC(=O)NCC(=O)Nc2ccc(F)c(F)c2F)cc1. The van der Waals surface area contributed by atoms with Crippen LogP contribution in [0.2, 0.25) is 0 Å². The molecule has 0 spiro atoms. The van der Waals surface area contributed by atoms with Crippen molar-refractivity contribution in [1.29, 1.82) is 0 Å². The number of likely N-dealkylation sites (N-methyl/N-ethyl adjacent to an activating group) is 1. The molecular formula is C19H20F3N3O2S. The molecule has 5 nitrogen and oxygen atoms in total. The molecule has 0 heterocycles. The van der Waals surface area contributed by atoms with Crippen LogP contribution in [0.25, 0.3) is 0 Å². The van der Waals surface area contributed by atoms with Crippen LogP contribution in [0.3, 0.4) is 0 Å². The molecule has 0 atom stereocenters. The highest BCUT2D eigenvalue weighted by Crippen LogP contribution is 2.19. The minimum absolute atomic E-state index is 0.0527. The summed E-state index contributed by atoms with van der Waals surface area (Å²) in [6, 6.07) is 9.55. The largest absolute Gasteiger partial charge is 0.346 e. The number of carbonyl (C=O) groups excluding carboxylic acids is 2. The minimum Gasteiger partial charge on any atom is -0.346 e. The van der Waals surface area contributed by atoms with E-state index in [1.165, 1.54) is 0 Å². The number of amides is 2. The summed E-state index contributed by atoms with van der Waals surface area (Å²) in [7, 11) is 1.76. The fourth-order valence-corrected chi connectivity index (χ4v) is 2.80. The Morgan fingerprint density at radius 2 is 1.68 bits per heavy atom. The molecule has 0 aromatic heterocycles. The summed E-state index contributed by atoms with van der Waals surface area (Å²) in [6.45, 7) is 0.180. The molecule has 0 aliphatic carbocycles. The Morgan fingerprint density at radius 3 is 2.32 bits per heavy atom. The van der Waals surface area contributed by atoms with Crippen molar-refractivity contribution in [3.63, 3.8) is 0 Å². The van der Waals surface area contributed by atoms with E-state index in [4.69, 9.17) is 0 Å². The molecule has 2 aromatic rings. The number of rotatable bonds is 8.